The molecule has 1 heterocycles. The van der Waals surface area contributed by atoms with Crippen LogP contribution in [0.3, 0.4) is 0 Å². The smallest absolute Gasteiger partial charge is 0.230 e. The van der Waals surface area contributed by atoms with E-state index in [-0.39, 0.29) is 17.9 Å². The van der Waals surface area contributed by atoms with Gasteiger partial charge < -0.3 is 20.1 Å². The Hall–Kier alpha value is -0.650. The van der Waals surface area contributed by atoms with E-state index in [1.54, 1.807) is 7.11 Å². The third-order valence-corrected chi connectivity index (χ3v) is 4.06. The Morgan fingerprint density at radius 3 is 2.72 bits per heavy atom. The van der Waals surface area contributed by atoms with Gasteiger partial charge in [0.2, 0.25) is 5.91 Å². The summed E-state index contributed by atoms with van der Waals surface area (Å²) in [4.78, 5) is 14.5. The first-order valence-electron chi connectivity index (χ1n) is 6.78. The number of carbonyl (C=O) groups is 1. The maximum Gasteiger partial charge on any atom is 0.230 e. The number of hydrogen-bond acceptors (Lipinski definition) is 4. The van der Waals surface area contributed by atoms with Gasteiger partial charge in [-0.25, -0.2) is 0 Å². The van der Waals surface area contributed by atoms with Crippen LogP contribution in [0.2, 0.25) is 0 Å². The third kappa shape index (κ3) is 3.02. The Kier molecular flexibility index (Phi) is 4.59. The van der Waals surface area contributed by atoms with Crippen molar-refractivity contribution >= 4 is 5.91 Å². The molecule has 0 bridgehead atoms. The molecular formula is C13H24N2O3. The molecule has 0 aromatic rings. The predicted octanol–water partition coefficient (Wildman–Crippen LogP) is 0.234. The van der Waals surface area contributed by atoms with E-state index in [2.05, 4.69) is 6.92 Å². The van der Waals surface area contributed by atoms with Crippen LogP contribution in [-0.4, -0.2) is 56.4 Å². The monoisotopic (exact) mass is 256 g/mol. The molecule has 0 aromatic carbocycles. The summed E-state index contributed by atoms with van der Waals surface area (Å²) in [5.41, 5.74) is 5.93. The molecular weight excluding hydrogens is 232 g/mol. The van der Waals surface area contributed by atoms with Gasteiger partial charge in [-0.3, -0.25) is 4.79 Å². The average Bonchev–Trinajstić information content (AvgIpc) is 3.12. The van der Waals surface area contributed by atoms with E-state index in [4.69, 9.17) is 15.2 Å². The van der Waals surface area contributed by atoms with E-state index in [0.717, 1.165) is 0 Å². The van der Waals surface area contributed by atoms with Crippen molar-refractivity contribution in [3.63, 3.8) is 0 Å². The molecule has 1 aliphatic carbocycles. The van der Waals surface area contributed by atoms with Crippen LogP contribution in [0.25, 0.3) is 0 Å². The van der Waals surface area contributed by atoms with Crippen LogP contribution in [-0.2, 0) is 14.3 Å². The van der Waals surface area contributed by atoms with E-state index >= 15 is 0 Å². The predicted molar refractivity (Wildman–Crippen MR) is 68.1 cm³/mol. The van der Waals surface area contributed by atoms with E-state index in [9.17, 15) is 4.79 Å². The fraction of sp³-hybridized carbons (Fsp3) is 0.923. The van der Waals surface area contributed by atoms with Gasteiger partial charge in [0.1, 0.15) is 0 Å². The van der Waals surface area contributed by atoms with Crippen molar-refractivity contribution in [3.8, 4) is 0 Å². The first-order valence-corrected chi connectivity index (χ1v) is 6.78. The number of nitrogens with zero attached hydrogens (tertiary/aromatic N) is 1. The molecule has 1 amide bonds. The molecule has 5 nitrogen and oxygen atoms in total. The Labute approximate surface area is 109 Å². The van der Waals surface area contributed by atoms with E-state index in [1.165, 1.54) is 12.8 Å². The topological polar surface area (TPSA) is 64.8 Å². The van der Waals surface area contributed by atoms with Crippen LogP contribution in [0.5, 0.6) is 0 Å². The Bertz CT molecular complexity index is 294. The lowest BCUT2D eigenvalue weighted by molar-refractivity contribution is -0.139. The van der Waals surface area contributed by atoms with Gasteiger partial charge in [-0.05, 0) is 25.7 Å². The number of amides is 1. The highest BCUT2D eigenvalue weighted by Gasteiger charge is 2.39. The van der Waals surface area contributed by atoms with Crippen molar-refractivity contribution in [3.05, 3.63) is 0 Å². The molecule has 3 unspecified atom stereocenters. The normalized spacial score (nSPS) is 29.3. The molecule has 3 atom stereocenters. The zero-order valence-corrected chi connectivity index (χ0v) is 11.3. The zero-order chi connectivity index (χ0) is 13.1. The standard InChI is InChI=1S/C13H24N2O3/c1-9(10-3-4-10)15(5-6-17-2)13(16)11-7-18-8-12(11)14/h9-12H,3-8,14H2,1-2H3. The summed E-state index contributed by atoms with van der Waals surface area (Å²) >= 11 is 0. The lowest BCUT2D eigenvalue weighted by Gasteiger charge is -2.32. The quantitative estimate of drug-likeness (QED) is 0.739. The second-order valence-electron chi connectivity index (χ2n) is 5.41. The third-order valence-electron chi connectivity index (χ3n) is 4.06. The summed E-state index contributed by atoms with van der Waals surface area (Å²) in [7, 11) is 1.66. The first-order chi connectivity index (χ1) is 8.65. The maximum absolute atomic E-state index is 12.5. The summed E-state index contributed by atoms with van der Waals surface area (Å²) in [5.74, 6) is 0.615. The van der Waals surface area contributed by atoms with Gasteiger partial charge in [0.25, 0.3) is 0 Å². The molecule has 1 aliphatic heterocycles. The molecule has 2 aliphatic rings. The largest absolute Gasteiger partial charge is 0.383 e. The van der Waals surface area contributed by atoms with Crippen LogP contribution < -0.4 is 5.73 Å². The van der Waals surface area contributed by atoms with Crippen LogP contribution in [0.15, 0.2) is 0 Å². The van der Waals surface area contributed by atoms with E-state index in [1.807, 2.05) is 4.90 Å². The van der Waals surface area contributed by atoms with Crippen LogP contribution in [0.1, 0.15) is 19.8 Å². The molecule has 5 heteroatoms. The molecule has 0 aromatic heterocycles. The van der Waals surface area contributed by atoms with Crippen molar-refractivity contribution < 1.29 is 14.3 Å². The van der Waals surface area contributed by atoms with Gasteiger partial charge in [-0.15, -0.1) is 0 Å². The first kappa shape index (κ1) is 13.8. The van der Waals surface area contributed by atoms with Crippen molar-refractivity contribution in [1.82, 2.24) is 4.90 Å². The maximum atomic E-state index is 12.5. The second-order valence-corrected chi connectivity index (χ2v) is 5.41. The number of hydrogen-bond donors (Lipinski definition) is 1. The number of methoxy groups -OCH3 is 1. The lowest BCUT2D eigenvalue weighted by Crippen LogP contribution is -2.49. The molecule has 2 fully saturated rings. The fourth-order valence-corrected chi connectivity index (χ4v) is 2.58. The molecule has 104 valence electrons. The van der Waals surface area contributed by atoms with Gasteiger partial charge in [-0.2, -0.15) is 0 Å². The molecule has 2 rings (SSSR count). The van der Waals surface area contributed by atoms with Gasteiger partial charge in [0.05, 0.1) is 25.7 Å². The summed E-state index contributed by atoms with van der Waals surface area (Å²) in [6, 6.07) is 0.134. The second kappa shape index (κ2) is 5.99. The van der Waals surface area contributed by atoms with Gasteiger partial charge >= 0.3 is 0 Å². The van der Waals surface area contributed by atoms with Crippen molar-refractivity contribution in [2.75, 3.05) is 33.5 Å². The molecule has 2 N–H and O–H groups in total. The minimum atomic E-state index is -0.178. The van der Waals surface area contributed by atoms with Gasteiger partial charge in [-0.1, -0.05) is 0 Å². The highest BCUT2D eigenvalue weighted by molar-refractivity contribution is 5.80. The van der Waals surface area contributed by atoms with Crippen LogP contribution in [0, 0.1) is 11.8 Å². The molecule has 0 radical (unpaired) electrons. The Balaban J connectivity index is 1.99. The average molecular weight is 256 g/mol. The van der Waals surface area contributed by atoms with Crippen LogP contribution >= 0.6 is 0 Å². The van der Waals surface area contributed by atoms with Crippen molar-refractivity contribution in [2.45, 2.75) is 31.8 Å². The number of carbonyl (C=O) groups excluding carboxylic acids is 1. The summed E-state index contributed by atoms with van der Waals surface area (Å²) in [5, 5.41) is 0. The van der Waals surface area contributed by atoms with Crippen molar-refractivity contribution in [2.24, 2.45) is 17.6 Å². The van der Waals surface area contributed by atoms with Crippen molar-refractivity contribution in [1.29, 1.82) is 0 Å². The molecule has 18 heavy (non-hydrogen) atoms. The highest BCUT2D eigenvalue weighted by atomic mass is 16.5. The van der Waals surface area contributed by atoms with Gasteiger partial charge in [0.15, 0.2) is 0 Å². The molecule has 1 saturated carbocycles. The minimum absolute atomic E-state index is 0.136. The molecule has 0 spiro atoms. The van der Waals surface area contributed by atoms with Gasteiger partial charge in [0, 0.05) is 25.7 Å². The highest BCUT2D eigenvalue weighted by Crippen LogP contribution is 2.35. The van der Waals surface area contributed by atoms with Crippen LogP contribution in [0.4, 0.5) is 0 Å². The summed E-state index contributed by atoms with van der Waals surface area (Å²) in [6.45, 7) is 4.31. The SMILES string of the molecule is COCCN(C(=O)C1COCC1N)C(C)C1CC1. The lowest BCUT2D eigenvalue weighted by atomic mass is 10.0. The zero-order valence-electron chi connectivity index (χ0n) is 11.3. The number of nitrogens with two attached hydrogens (primary N) is 1. The molecule has 1 saturated heterocycles. The minimum Gasteiger partial charge on any atom is -0.383 e. The number of ether oxygens (including phenoxy) is 2. The summed E-state index contributed by atoms with van der Waals surface area (Å²) < 4.78 is 10.4. The van der Waals surface area contributed by atoms with E-state index in [0.29, 0.717) is 38.3 Å². The summed E-state index contributed by atoms with van der Waals surface area (Å²) in [6.07, 6.45) is 2.45. The van der Waals surface area contributed by atoms with E-state index < -0.39 is 0 Å². The Morgan fingerprint density at radius 1 is 1.50 bits per heavy atom. The number of rotatable bonds is 6. The fourth-order valence-electron chi connectivity index (χ4n) is 2.58. The Morgan fingerprint density at radius 2 is 2.22 bits per heavy atom.